The molecule has 0 radical (unpaired) electrons. The molecule has 0 aliphatic heterocycles. The molecule has 0 spiro atoms. The summed E-state index contributed by atoms with van der Waals surface area (Å²) in [4.78, 5) is 10.1. The fourth-order valence-corrected chi connectivity index (χ4v) is 0.769. The molecule has 2 heteroatoms. The van der Waals surface area contributed by atoms with Gasteiger partial charge in [0.05, 0.1) is 0 Å². The van der Waals surface area contributed by atoms with Crippen molar-refractivity contribution in [3.8, 4) is 0 Å². The molecule has 0 amide bonds. The molecule has 0 aliphatic carbocycles. The number of hydrogen-bond acceptors (Lipinski definition) is 1. The third kappa shape index (κ3) is 7.47. The molecule has 0 bridgehead atoms. The zero-order chi connectivity index (χ0) is 8.69. The molecule has 2 nitrogen and oxygen atoms in total. The van der Waals surface area contributed by atoms with Gasteiger partial charge in [-0.15, -0.1) is 0 Å². The predicted octanol–water partition coefficient (Wildman–Crippen LogP) is 2.43. The lowest BCUT2D eigenvalue weighted by Gasteiger charge is -1.95. The lowest BCUT2D eigenvalue weighted by Crippen LogP contribution is -1.93. The molecule has 0 aromatic rings. The Bertz CT molecular complexity index is 115. The fourth-order valence-electron chi connectivity index (χ4n) is 0.769. The molecule has 0 saturated heterocycles. The molecule has 0 heterocycles. The van der Waals surface area contributed by atoms with Gasteiger partial charge >= 0.3 is 5.97 Å². The van der Waals surface area contributed by atoms with Crippen LogP contribution >= 0.6 is 0 Å². The van der Waals surface area contributed by atoms with Crippen molar-refractivity contribution >= 4 is 5.97 Å². The lowest BCUT2D eigenvalue weighted by molar-refractivity contribution is -0.137. The third-order valence-electron chi connectivity index (χ3n) is 1.34. The maximum Gasteiger partial charge on any atom is 0.303 e. The first-order chi connectivity index (χ1) is 5.16. The molecule has 60 valence electrons. The van der Waals surface area contributed by atoms with Gasteiger partial charge in [0.25, 0.3) is 0 Å². The minimum absolute atomic E-state index is 0.00351. The van der Waals surface area contributed by atoms with E-state index in [4.69, 9.17) is 6.48 Å². The SMILES string of the molecule is [2H]C(CC)CCCCC(=O)O. The smallest absolute Gasteiger partial charge is 0.303 e. The lowest BCUT2D eigenvalue weighted by atomic mass is 10.1. The number of aliphatic carboxylic acids is 1. The second kappa shape index (κ2) is 6.59. The highest BCUT2D eigenvalue weighted by atomic mass is 16.4. The van der Waals surface area contributed by atoms with Gasteiger partial charge in [0.1, 0.15) is 0 Å². The van der Waals surface area contributed by atoms with Gasteiger partial charge in [-0.1, -0.05) is 32.6 Å². The number of unbranched alkanes of at least 4 members (excludes halogenated alkanes) is 1. The summed E-state index contributed by atoms with van der Waals surface area (Å²) in [6.07, 6.45) is 3.54. The van der Waals surface area contributed by atoms with Gasteiger partial charge in [-0.3, -0.25) is 4.79 Å². The summed E-state index contributed by atoms with van der Waals surface area (Å²) in [6.45, 7) is 1.98. The van der Waals surface area contributed by atoms with E-state index in [9.17, 15) is 4.79 Å². The van der Waals surface area contributed by atoms with Crippen molar-refractivity contribution in [1.29, 1.82) is 0 Å². The summed E-state index contributed by atoms with van der Waals surface area (Å²) in [5, 5.41) is 8.29. The summed E-state index contributed by atoms with van der Waals surface area (Å²) in [6, 6.07) is 0. The highest BCUT2D eigenvalue weighted by molar-refractivity contribution is 5.66. The van der Waals surface area contributed by atoms with Crippen molar-refractivity contribution in [1.82, 2.24) is 0 Å². The van der Waals surface area contributed by atoms with Crippen molar-refractivity contribution in [2.45, 2.75) is 45.4 Å². The summed E-state index contributed by atoms with van der Waals surface area (Å²) < 4.78 is 7.36. The Morgan fingerprint density at radius 3 is 2.70 bits per heavy atom. The molecule has 0 rings (SSSR count). The molecule has 1 N–H and O–H groups in total. The van der Waals surface area contributed by atoms with E-state index in [0.29, 0.717) is 6.42 Å². The Balaban J connectivity index is 3.08. The Kier molecular flexibility index (Phi) is 4.99. The predicted molar refractivity (Wildman–Crippen MR) is 41.0 cm³/mol. The molecule has 1 atom stereocenters. The quantitative estimate of drug-likeness (QED) is 0.583. The summed E-state index contributed by atoms with van der Waals surface area (Å²) in [5.41, 5.74) is 0. The highest BCUT2D eigenvalue weighted by Crippen LogP contribution is 2.04. The van der Waals surface area contributed by atoms with Crippen LogP contribution in [0.25, 0.3) is 0 Å². The van der Waals surface area contributed by atoms with Crippen molar-refractivity contribution in [2.75, 3.05) is 0 Å². The first-order valence-corrected chi connectivity index (χ1v) is 3.80. The molecule has 0 saturated carbocycles. The fraction of sp³-hybridized carbons (Fsp3) is 0.875. The number of hydrogen-bond donors (Lipinski definition) is 1. The largest absolute Gasteiger partial charge is 0.481 e. The Morgan fingerprint density at radius 1 is 1.50 bits per heavy atom. The second-order valence-corrected chi connectivity index (χ2v) is 2.34. The monoisotopic (exact) mass is 145 g/mol. The second-order valence-electron chi connectivity index (χ2n) is 2.34. The minimum Gasteiger partial charge on any atom is -0.481 e. The average molecular weight is 145 g/mol. The van der Waals surface area contributed by atoms with Crippen molar-refractivity contribution in [3.63, 3.8) is 0 Å². The van der Waals surface area contributed by atoms with E-state index in [1.54, 1.807) is 0 Å². The molecular weight excluding hydrogens is 128 g/mol. The maximum absolute atomic E-state index is 10.1. The van der Waals surface area contributed by atoms with Crippen LogP contribution in [0.5, 0.6) is 0 Å². The first-order valence-electron chi connectivity index (χ1n) is 4.38. The number of carbonyl (C=O) groups is 1. The standard InChI is InChI=1S/C8H16O2/c1-2-3-4-5-6-7-8(9)10/h2-7H2,1H3,(H,9,10)/i3D. The van der Waals surface area contributed by atoms with Crippen LogP contribution in [0.4, 0.5) is 0 Å². The van der Waals surface area contributed by atoms with E-state index in [1.165, 1.54) is 0 Å². The van der Waals surface area contributed by atoms with Crippen LogP contribution in [0, 0.1) is 0 Å². The van der Waals surface area contributed by atoms with E-state index < -0.39 is 5.97 Å². The molecular formula is C8H16O2. The Morgan fingerprint density at radius 2 is 2.20 bits per heavy atom. The van der Waals surface area contributed by atoms with Gasteiger partial charge in [-0.25, -0.2) is 0 Å². The third-order valence-corrected chi connectivity index (χ3v) is 1.34. The van der Waals surface area contributed by atoms with Crippen LogP contribution in [0.1, 0.15) is 46.8 Å². The van der Waals surface area contributed by atoms with Gasteiger partial charge in [0.2, 0.25) is 0 Å². The summed E-state index contributed by atoms with van der Waals surface area (Å²) >= 11 is 0. The van der Waals surface area contributed by atoms with Gasteiger partial charge < -0.3 is 5.11 Å². The first kappa shape index (κ1) is 7.58. The van der Waals surface area contributed by atoms with Crippen molar-refractivity contribution in [3.05, 3.63) is 0 Å². The van der Waals surface area contributed by atoms with Crippen LogP contribution in [0.15, 0.2) is 0 Å². The molecule has 0 aromatic carbocycles. The topological polar surface area (TPSA) is 37.3 Å². The van der Waals surface area contributed by atoms with E-state index >= 15 is 0 Å². The molecule has 10 heavy (non-hydrogen) atoms. The maximum atomic E-state index is 10.1. The molecule has 0 aliphatic rings. The van der Waals surface area contributed by atoms with E-state index in [-0.39, 0.29) is 12.8 Å². The van der Waals surface area contributed by atoms with Gasteiger partial charge in [0, 0.05) is 7.79 Å². The van der Waals surface area contributed by atoms with Crippen LogP contribution < -0.4 is 0 Å². The Labute approximate surface area is 63.7 Å². The van der Waals surface area contributed by atoms with Crippen LogP contribution in [0.2, 0.25) is 0 Å². The molecule has 1 unspecified atom stereocenters. The average Bonchev–Trinajstić information content (AvgIpc) is 1.97. The van der Waals surface area contributed by atoms with E-state index in [1.807, 2.05) is 6.92 Å². The van der Waals surface area contributed by atoms with Gasteiger partial charge in [-0.05, 0) is 6.42 Å². The van der Waals surface area contributed by atoms with Crippen LogP contribution in [0.3, 0.4) is 0 Å². The number of rotatable bonds is 6. The van der Waals surface area contributed by atoms with Gasteiger partial charge in [0.15, 0.2) is 0 Å². The molecule has 0 fully saturated rings. The minimum atomic E-state index is -0.733. The van der Waals surface area contributed by atoms with Crippen LogP contribution in [-0.4, -0.2) is 11.1 Å². The highest BCUT2D eigenvalue weighted by Gasteiger charge is 1.94. The Hall–Kier alpha value is -0.530. The van der Waals surface area contributed by atoms with E-state index in [0.717, 1.165) is 19.3 Å². The normalized spacial score (nSPS) is 14.3. The number of carboxylic acid groups (broad SMARTS) is 1. The van der Waals surface area contributed by atoms with E-state index in [2.05, 4.69) is 0 Å². The zero-order valence-corrected chi connectivity index (χ0v) is 6.47. The molecule has 0 aromatic heterocycles. The summed E-state index contributed by atoms with van der Waals surface area (Å²) in [7, 11) is 0. The zero-order valence-electron chi connectivity index (χ0n) is 7.47. The van der Waals surface area contributed by atoms with Crippen LogP contribution in [-0.2, 0) is 4.79 Å². The number of carboxylic acids is 1. The van der Waals surface area contributed by atoms with Crippen molar-refractivity contribution < 1.29 is 11.3 Å². The van der Waals surface area contributed by atoms with Gasteiger partial charge in [-0.2, -0.15) is 0 Å². The van der Waals surface area contributed by atoms with Crippen molar-refractivity contribution in [2.24, 2.45) is 0 Å². The summed E-state index contributed by atoms with van der Waals surface area (Å²) in [5.74, 6) is -0.733.